The van der Waals surface area contributed by atoms with Crippen LogP contribution in [0, 0.1) is 0 Å². The van der Waals surface area contributed by atoms with Gasteiger partial charge in [-0.05, 0) is 37.0 Å². The second kappa shape index (κ2) is 8.42. The van der Waals surface area contributed by atoms with Gasteiger partial charge in [0.05, 0.1) is 12.6 Å². The summed E-state index contributed by atoms with van der Waals surface area (Å²) in [6.45, 7) is 6.87. The Bertz CT molecular complexity index is 606. The van der Waals surface area contributed by atoms with Gasteiger partial charge >= 0.3 is 0 Å². The van der Waals surface area contributed by atoms with Crippen molar-refractivity contribution in [2.45, 2.75) is 51.5 Å². The topological polar surface area (TPSA) is 53.3 Å². The van der Waals surface area contributed by atoms with Crippen LogP contribution in [0.25, 0.3) is 0 Å². The van der Waals surface area contributed by atoms with Gasteiger partial charge in [-0.25, -0.2) is 0 Å². The second-order valence-corrected chi connectivity index (χ2v) is 6.79. The number of aromatic nitrogens is 2. The fraction of sp³-hybridized carbons (Fsp3) is 0.526. The Balaban J connectivity index is 1.53. The van der Waals surface area contributed by atoms with Crippen LogP contribution < -0.4 is 5.32 Å². The standard InChI is InChI=1S/C19H28N4O/c1-16(14-23-10-4-9-21-23)20-13-17-5-2-3-6-18(17)15-22-11-7-19(24)8-12-22/h2-6,9-10,16,19-20,24H,7-8,11-15H2,1H3. The molecule has 24 heavy (non-hydrogen) atoms. The predicted octanol–water partition coefficient (Wildman–Crippen LogP) is 2.02. The molecule has 1 unspecified atom stereocenters. The highest BCUT2D eigenvalue weighted by Gasteiger charge is 2.17. The monoisotopic (exact) mass is 328 g/mol. The first-order valence-corrected chi connectivity index (χ1v) is 8.88. The van der Waals surface area contributed by atoms with Crippen molar-refractivity contribution < 1.29 is 5.11 Å². The number of aliphatic hydroxyl groups excluding tert-OH is 1. The van der Waals surface area contributed by atoms with Gasteiger partial charge < -0.3 is 10.4 Å². The van der Waals surface area contributed by atoms with E-state index in [0.29, 0.717) is 6.04 Å². The molecular weight excluding hydrogens is 300 g/mol. The summed E-state index contributed by atoms with van der Waals surface area (Å²) >= 11 is 0. The fourth-order valence-electron chi connectivity index (χ4n) is 3.24. The maximum absolute atomic E-state index is 9.65. The molecule has 130 valence electrons. The van der Waals surface area contributed by atoms with Crippen LogP contribution in [0.3, 0.4) is 0 Å². The SMILES string of the molecule is CC(Cn1cccn1)NCc1ccccc1CN1CCC(O)CC1. The van der Waals surface area contributed by atoms with E-state index >= 15 is 0 Å². The normalized spacial score (nSPS) is 17.9. The van der Waals surface area contributed by atoms with Crippen molar-refractivity contribution in [1.29, 1.82) is 0 Å². The molecule has 1 aromatic heterocycles. The molecule has 1 fully saturated rings. The summed E-state index contributed by atoms with van der Waals surface area (Å²) in [5.74, 6) is 0. The molecule has 3 rings (SSSR count). The molecule has 1 atom stereocenters. The molecular formula is C19H28N4O. The highest BCUT2D eigenvalue weighted by molar-refractivity contribution is 5.27. The highest BCUT2D eigenvalue weighted by atomic mass is 16.3. The summed E-state index contributed by atoms with van der Waals surface area (Å²) in [4.78, 5) is 2.44. The summed E-state index contributed by atoms with van der Waals surface area (Å²) in [5, 5.41) is 17.5. The molecule has 0 spiro atoms. The van der Waals surface area contributed by atoms with E-state index in [1.165, 1.54) is 11.1 Å². The summed E-state index contributed by atoms with van der Waals surface area (Å²) in [6, 6.07) is 11.0. The van der Waals surface area contributed by atoms with E-state index in [1.807, 2.05) is 23.1 Å². The third kappa shape index (κ3) is 4.90. The molecule has 1 aliphatic heterocycles. The lowest BCUT2D eigenvalue weighted by Crippen LogP contribution is -2.36. The predicted molar refractivity (Wildman–Crippen MR) is 95.5 cm³/mol. The Hall–Kier alpha value is -1.69. The van der Waals surface area contributed by atoms with Crippen LogP contribution >= 0.6 is 0 Å². The fourth-order valence-corrected chi connectivity index (χ4v) is 3.24. The van der Waals surface area contributed by atoms with E-state index in [2.05, 4.69) is 46.5 Å². The number of piperidine rings is 1. The molecule has 5 heteroatoms. The minimum atomic E-state index is -0.110. The van der Waals surface area contributed by atoms with E-state index in [4.69, 9.17) is 0 Å². The van der Waals surface area contributed by atoms with Crippen LogP contribution in [-0.4, -0.2) is 45.0 Å². The molecule has 2 N–H and O–H groups in total. The van der Waals surface area contributed by atoms with E-state index in [1.54, 1.807) is 0 Å². The zero-order chi connectivity index (χ0) is 16.8. The first-order valence-electron chi connectivity index (χ1n) is 8.88. The van der Waals surface area contributed by atoms with E-state index in [9.17, 15) is 5.11 Å². The van der Waals surface area contributed by atoms with Gasteiger partial charge in [0.1, 0.15) is 0 Å². The number of likely N-dealkylation sites (tertiary alicyclic amines) is 1. The molecule has 5 nitrogen and oxygen atoms in total. The van der Waals surface area contributed by atoms with Crippen LogP contribution in [0.5, 0.6) is 0 Å². The Labute approximate surface area is 144 Å². The molecule has 1 aromatic carbocycles. The van der Waals surface area contributed by atoms with E-state index in [0.717, 1.165) is 45.6 Å². The van der Waals surface area contributed by atoms with E-state index < -0.39 is 0 Å². The maximum Gasteiger partial charge on any atom is 0.0564 e. The van der Waals surface area contributed by atoms with Gasteiger partial charge in [-0.3, -0.25) is 9.58 Å². The zero-order valence-electron chi connectivity index (χ0n) is 14.4. The summed E-state index contributed by atoms with van der Waals surface area (Å²) in [7, 11) is 0. The van der Waals surface area contributed by atoms with Gasteiger partial charge in [-0.2, -0.15) is 5.10 Å². The Kier molecular flexibility index (Phi) is 6.01. The van der Waals surface area contributed by atoms with Crippen LogP contribution in [0.2, 0.25) is 0 Å². The number of nitrogens with zero attached hydrogens (tertiary/aromatic N) is 3. The van der Waals surface area contributed by atoms with Crippen LogP contribution in [-0.2, 0) is 19.6 Å². The Morgan fingerprint density at radius 1 is 1.21 bits per heavy atom. The molecule has 2 aromatic rings. The van der Waals surface area contributed by atoms with Crippen molar-refractivity contribution in [3.05, 3.63) is 53.9 Å². The van der Waals surface area contributed by atoms with Gasteiger partial charge in [-0.15, -0.1) is 0 Å². The van der Waals surface area contributed by atoms with E-state index in [-0.39, 0.29) is 6.10 Å². The van der Waals surface area contributed by atoms with Crippen LogP contribution in [0.4, 0.5) is 0 Å². The van der Waals surface area contributed by atoms with Gasteiger partial charge in [-0.1, -0.05) is 24.3 Å². The van der Waals surface area contributed by atoms with Crippen molar-refractivity contribution in [3.63, 3.8) is 0 Å². The summed E-state index contributed by atoms with van der Waals surface area (Å²) in [6.07, 6.45) is 5.48. The maximum atomic E-state index is 9.65. The lowest BCUT2D eigenvalue weighted by Gasteiger charge is -2.30. The lowest BCUT2D eigenvalue weighted by atomic mass is 10.0. The zero-order valence-corrected chi connectivity index (χ0v) is 14.4. The summed E-state index contributed by atoms with van der Waals surface area (Å²) in [5.41, 5.74) is 2.74. The second-order valence-electron chi connectivity index (χ2n) is 6.79. The first kappa shape index (κ1) is 17.1. The highest BCUT2D eigenvalue weighted by Crippen LogP contribution is 2.16. The largest absolute Gasteiger partial charge is 0.393 e. The number of rotatable bonds is 7. The lowest BCUT2D eigenvalue weighted by molar-refractivity contribution is 0.0791. The molecule has 0 saturated carbocycles. The smallest absolute Gasteiger partial charge is 0.0564 e. The number of hydrogen-bond donors (Lipinski definition) is 2. The minimum Gasteiger partial charge on any atom is -0.393 e. The number of hydrogen-bond acceptors (Lipinski definition) is 4. The number of aliphatic hydroxyl groups is 1. The molecule has 0 amide bonds. The van der Waals surface area contributed by atoms with Gasteiger partial charge in [0.15, 0.2) is 0 Å². The van der Waals surface area contributed by atoms with Crippen LogP contribution in [0.1, 0.15) is 30.9 Å². The number of benzene rings is 1. The molecule has 1 saturated heterocycles. The Morgan fingerprint density at radius 3 is 2.67 bits per heavy atom. The van der Waals surface area contributed by atoms with Crippen molar-refractivity contribution in [2.75, 3.05) is 13.1 Å². The average Bonchev–Trinajstić information content (AvgIpc) is 3.09. The third-order valence-electron chi connectivity index (χ3n) is 4.73. The average molecular weight is 328 g/mol. The van der Waals surface area contributed by atoms with Gasteiger partial charge in [0.2, 0.25) is 0 Å². The van der Waals surface area contributed by atoms with Gasteiger partial charge in [0.25, 0.3) is 0 Å². The van der Waals surface area contributed by atoms with Crippen LogP contribution in [0.15, 0.2) is 42.7 Å². The molecule has 1 aliphatic rings. The first-order chi connectivity index (χ1) is 11.7. The molecule has 0 radical (unpaired) electrons. The van der Waals surface area contributed by atoms with Crippen molar-refractivity contribution in [2.24, 2.45) is 0 Å². The third-order valence-corrected chi connectivity index (χ3v) is 4.73. The molecule has 0 aliphatic carbocycles. The number of nitrogens with one attached hydrogen (secondary N) is 1. The minimum absolute atomic E-state index is 0.110. The molecule has 2 heterocycles. The van der Waals surface area contributed by atoms with Crippen molar-refractivity contribution >= 4 is 0 Å². The van der Waals surface area contributed by atoms with Gasteiger partial charge in [0, 0.05) is 44.6 Å². The summed E-state index contributed by atoms with van der Waals surface area (Å²) < 4.78 is 1.96. The Morgan fingerprint density at radius 2 is 1.96 bits per heavy atom. The van der Waals surface area contributed by atoms with Crippen molar-refractivity contribution in [1.82, 2.24) is 20.0 Å². The quantitative estimate of drug-likeness (QED) is 0.816. The molecule has 0 bridgehead atoms. The van der Waals surface area contributed by atoms with Crippen molar-refractivity contribution in [3.8, 4) is 0 Å².